The summed E-state index contributed by atoms with van der Waals surface area (Å²) in [5, 5.41) is 3.27. The van der Waals surface area contributed by atoms with Gasteiger partial charge in [0.25, 0.3) is 5.91 Å². The maximum atomic E-state index is 13.2. The number of amides is 2. The summed E-state index contributed by atoms with van der Waals surface area (Å²) in [7, 11) is 1.62. The molecule has 0 unspecified atom stereocenters. The largest absolute Gasteiger partial charge is 0.497 e. The van der Waals surface area contributed by atoms with Gasteiger partial charge in [-0.1, -0.05) is 6.42 Å². The fourth-order valence-electron chi connectivity index (χ4n) is 4.27. The van der Waals surface area contributed by atoms with E-state index >= 15 is 0 Å². The second-order valence-electron chi connectivity index (χ2n) is 8.28. The Morgan fingerprint density at radius 2 is 1.83 bits per heavy atom. The second kappa shape index (κ2) is 11.3. The quantitative estimate of drug-likeness (QED) is 0.701. The maximum absolute atomic E-state index is 13.2. The third kappa shape index (κ3) is 6.19. The molecule has 1 atom stereocenters. The van der Waals surface area contributed by atoms with Gasteiger partial charge in [-0.05, 0) is 50.6 Å². The van der Waals surface area contributed by atoms with E-state index in [0.29, 0.717) is 31.1 Å². The smallest absolute Gasteiger partial charge is 0.253 e. The number of carbonyl (C=O) groups is 2. The minimum Gasteiger partial charge on any atom is -0.497 e. The number of nitrogens with one attached hydrogen (secondary N) is 1. The van der Waals surface area contributed by atoms with Crippen molar-refractivity contribution in [3.63, 3.8) is 0 Å². The van der Waals surface area contributed by atoms with Crippen LogP contribution in [0.3, 0.4) is 0 Å². The van der Waals surface area contributed by atoms with Crippen LogP contribution in [0.25, 0.3) is 0 Å². The third-order valence-corrected chi connectivity index (χ3v) is 6.29. The van der Waals surface area contributed by atoms with Crippen molar-refractivity contribution in [2.75, 3.05) is 59.5 Å². The molecule has 1 N–H and O–H groups in total. The van der Waals surface area contributed by atoms with E-state index in [9.17, 15) is 9.59 Å². The molecule has 0 radical (unpaired) electrons. The van der Waals surface area contributed by atoms with E-state index in [-0.39, 0.29) is 11.8 Å². The SMILES string of the molecule is COc1ccc(C(=O)N(CCC(=O)N2CCNCC2)CCN2CCCC[C@@H]2C)cc1. The Morgan fingerprint density at radius 3 is 2.50 bits per heavy atom. The number of hydrogen-bond donors (Lipinski definition) is 1. The van der Waals surface area contributed by atoms with Crippen molar-refractivity contribution in [1.29, 1.82) is 0 Å². The number of rotatable bonds is 8. The summed E-state index contributed by atoms with van der Waals surface area (Å²) < 4.78 is 5.21. The van der Waals surface area contributed by atoms with Gasteiger partial charge in [0.15, 0.2) is 0 Å². The molecular formula is C23H36N4O3. The molecule has 0 bridgehead atoms. The summed E-state index contributed by atoms with van der Waals surface area (Å²) in [5.41, 5.74) is 0.636. The van der Waals surface area contributed by atoms with Crippen LogP contribution >= 0.6 is 0 Å². The Morgan fingerprint density at radius 1 is 1.10 bits per heavy atom. The summed E-state index contributed by atoms with van der Waals surface area (Å²) in [5.74, 6) is 0.847. The van der Waals surface area contributed by atoms with Crippen LogP contribution < -0.4 is 10.1 Å². The van der Waals surface area contributed by atoms with Crippen LogP contribution in [-0.4, -0.2) is 92.0 Å². The van der Waals surface area contributed by atoms with Gasteiger partial charge in [-0.3, -0.25) is 14.5 Å². The molecule has 0 spiro atoms. The predicted molar refractivity (Wildman–Crippen MR) is 118 cm³/mol. The van der Waals surface area contributed by atoms with Crippen LogP contribution in [0.15, 0.2) is 24.3 Å². The zero-order chi connectivity index (χ0) is 21.3. The average Bonchev–Trinajstić information content (AvgIpc) is 2.80. The van der Waals surface area contributed by atoms with Gasteiger partial charge in [0.05, 0.1) is 7.11 Å². The highest BCUT2D eigenvalue weighted by Gasteiger charge is 2.23. The summed E-state index contributed by atoms with van der Waals surface area (Å²) in [4.78, 5) is 32.1. The number of benzene rings is 1. The molecule has 2 saturated heterocycles. The molecule has 166 valence electrons. The molecule has 3 rings (SSSR count). The number of piperazine rings is 1. The molecule has 0 saturated carbocycles. The third-order valence-electron chi connectivity index (χ3n) is 6.29. The summed E-state index contributed by atoms with van der Waals surface area (Å²) >= 11 is 0. The van der Waals surface area contributed by atoms with Crippen molar-refractivity contribution in [3.05, 3.63) is 29.8 Å². The van der Waals surface area contributed by atoms with Crippen molar-refractivity contribution in [2.45, 2.75) is 38.6 Å². The van der Waals surface area contributed by atoms with E-state index < -0.39 is 0 Å². The van der Waals surface area contributed by atoms with E-state index in [2.05, 4.69) is 17.1 Å². The molecule has 1 aromatic carbocycles. The van der Waals surface area contributed by atoms with Crippen LogP contribution in [0.2, 0.25) is 0 Å². The molecule has 30 heavy (non-hydrogen) atoms. The first-order chi connectivity index (χ1) is 14.6. The fraction of sp³-hybridized carbons (Fsp3) is 0.652. The highest BCUT2D eigenvalue weighted by molar-refractivity contribution is 5.94. The van der Waals surface area contributed by atoms with Gasteiger partial charge in [-0.25, -0.2) is 0 Å². The molecule has 7 heteroatoms. The fourth-order valence-corrected chi connectivity index (χ4v) is 4.27. The topological polar surface area (TPSA) is 65.1 Å². The van der Waals surface area contributed by atoms with Gasteiger partial charge in [0.2, 0.25) is 5.91 Å². The van der Waals surface area contributed by atoms with Gasteiger partial charge < -0.3 is 19.9 Å². The van der Waals surface area contributed by atoms with Crippen molar-refractivity contribution in [1.82, 2.24) is 20.0 Å². The molecule has 0 aromatic heterocycles. The van der Waals surface area contributed by atoms with Crippen molar-refractivity contribution < 1.29 is 14.3 Å². The lowest BCUT2D eigenvalue weighted by atomic mass is 10.0. The molecule has 7 nitrogen and oxygen atoms in total. The van der Waals surface area contributed by atoms with Gasteiger partial charge in [-0.2, -0.15) is 0 Å². The monoisotopic (exact) mass is 416 g/mol. The van der Waals surface area contributed by atoms with Crippen LogP contribution in [0.5, 0.6) is 5.75 Å². The van der Waals surface area contributed by atoms with Gasteiger partial charge in [0, 0.05) is 63.8 Å². The number of nitrogens with zero attached hydrogens (tertiary/aromatic N) is 3. The van der Waals surface area contributed by atoms with E-state index in [0.717, 1.165) is 45.0 Å². The van der Waals surface area contributed by atoms with Crippen LogP contribution in [0.1, 0.15) is 43.0 Å². The van der Waals surface area contributed by atoms with E-state index in [1.807, 2.05) is 21.9 Å². The number of ether oxygens (including phenoxy) is 1. The van der Waals surface area contributed by atoms with Crippen LogP contribution in [0, 0.1) is 0 Å². The second-order valence-corrected chi connectivity index (χ2v) is 8.28. The highest BCUT2D eigenvalue weighted by Crippen LogP contribution is 2.17. The van der Waals surface area contributed by atoms with Gasteiger partial charge in [-0.15, -0.1) is 0 Å². The Hall–Kier alpha value is -2.12. The summed E-state index contributed by atoms with van der Waals surface area (Å²) in [6.07, 6.45) is 4.09. The zero-order valence-electron chi connectivity index (χ0n) is 18.4. The van der Waals surface area contributed by atoms with E-state index in [1.54, 1.807) is 19.2 Å². The normalized spacial score (nSPS) is 20.1. The van der Waals surface area contributed by atoms with Crippen molar-refractivity contribution in [2.24, 2.45) is 0 Å². The molecule has 2 aliphatic rings. The Labute approximate surface area is 180 Å². The minimum absolute atomic E-state index is 0.0181. The first-order valence-corrected chi connectivity index (χ1v) is 11.2. The summed E-state index contributed by atoms with van der Waals surface area (Å²) in [6.45, 7) is 8.48. The minimum atomic E-state index is -0.0181. The first-order valence-electron chi connectivity index (χ1n) is 11.2. The Balaban J connectivity index is 1.63. The predicted octanol–water partition coefficient (Wildman–Crippen LogP) is 1.83. The van der Waals surface area contributed by atoms with E-state index in [4.69, 9.17) is 4.74 Å². The lowest BCUT2D eigenvalue weighted by Crippen LogP contribution is -2.48. The maximum Gasteiger partial charge on any atom is 0.253 e. The average molecular weight is 417 g/mol. The standard InChI is InChI=1S/C23H36N4O3/c1-19-5-3-4-13-25(19)17-18-27(14-10-22(28)26-15-11-24-12-16-26)23(29)20-6-8-21(30-2)9-7-20/h6-9,19,24H,3-5,10-18H2,1-2H3/t19-/m0/s1. The number of hydrogen-bond acceptors (Lipinski definition) is 5. The van der Waals surface area contributed by atoms with Crippen LogP contribution in [-0.2, 0) is 4.79 Å². The molecule has 0 aliphatic carbocycles. The van der Waals surface area contributed by atoms with Gasteiger partial charge >= 0.3 is 0 Å². The number of carbonyl (C=O) groups excluding carboxylic acids is 2. The lowest BCUT2D eigenvalue weighted by Gasteiger charge is -2.35. The van der Waals surface area contributed by atoms with Crippen molar-refractivity contribution >= 4 is 11.8 Å². The lowest BCUT2D eigenvalue weighted by molar-refractivity contribution is -0.131. The molecule has 2 heterocycles. The van der Waals surface area contributed by atoms with Gasteiger partial charge in [0.1, 0.15) is 5.75 Å². The Bertz CT molecular complexity index is 688. The van der Waals surface area contributed by atoms with Crippen molar-refractivity contribution in [3.8, 4) is 5.75 Å². The molecular weight excluding hydrogens is 380 g/mol. The van der Waals surface area contributed by atoms with Crippen LogP contribution in [0.4, 0.5) is 0 Å². The number of methoxy groups -OCH3 is 1. The summed E-state index contributed by atoms with van der Waals surface area (Å²) in [6, 6.07) is 7.78. The molecule has 1 aromatic rings. The Kier molecular flexibility index (Phi) is 8.51. The molecule has 2 amide bonds. The molecule has 2 aliphatic heterocycles. The highest BCUT2D eigenvalue weighted by atomic mass is 16.5. The molecule has 2 fully saturated rings. The zero-order valence-corrected chi connectivity index (χ0v) is 18.4. The number of likely N-dealkylation sites (tertiary alicyclic amines) is 1. The first kappa shape index (κ1) is 22.6. The van der Waals surface area contributed by atoms with E-state index in [1.165, 1.54) is 19.3 Å². The number of piperidine rings is 1.